The van der Waals surface area contributed by atoms with Gasteiger partial charge in [-0.1, -0.05) is 29.4 Å². The van der Waals surface area contributed by atoms with Crippen molar-refractivity contribution < 1.29 is 0 Å². The van der Waals surface area contributed by atoms with Gasteiger partial charge in [-0.25, -0.2) is 0 Å². The Morgan fingerprint density at radius 1 is 1.15 bits per heavy atom. The monoisotopic (exact) mass is 178 g/mol. The van der Waals surface area contributed by atoms with Crippen molar-refractivity contribution in [1.29, 1.82) is 0 Å². The van der Waals surface area contributed by atoms with Crippen LogP contribution in [-0.2, 0) is 13.1 Å². The summed E-state index contributed by atoms with van der Waals surface area (Å²) in [6.45, 7) is 1.19. The van der Waals surface area contributed by atoms with Crippen molar-refractivity contribution in [2.75, 3.05) is 14.1 Å². The SMILES string of the molecule is CN(C)Cc1ccc(CN=O)cc1. The predicted octanol–water partition coefficient (Wildman–Crippen LogP) is 2.01. The van der Waals surface area contributed by atoms with Gasteiger partial charge in [0.05, 0.1) is 0 Å². The van der Waals surface area contributed by atoms with E-state index in [9.17, 15) is 4.91 Å². The summed E-state index contributed by atoms with van der Waals surface area (Å²) in [5.74, 6) is 0. The fraction of sp³-hybridized carbons (Fsp3) is 0.400. The van der Waals surface area contributed by atoms with Gasteiger partial charge in [-0.05, 0) is 25.2 Å². The van der Waals surface area contributed by atoms with Crippen LogP contribution < -0.4 is 0 Å². The normalized spacial score (nSPS) is 10.4. The summed E-state index contributed by atoms with van der Waals surface area (Å²) in [5, 5.41) is 2.84. The molecule has 0 fully saturated rings. The average Bonchev–Trinajstić information content (AvgIpc) is 2.08. The maximum absolute atomic E-state index is 9.98. The van der Waals surface area contributed by atoms with Gasteiger partial charge in [0, 0.05) is 6.54 Å². The van der Waals surface area contributed by atoms with E-state index in [0.29, 0.717) is 0 Å². The molecule has 0 saturated carbocycles. The molecule has 0 N–H and O–H groups in total. The molecule has 13 heavy (non-hydrogen) atoms. The van der Waals surface area contributed by atoms with E-state index in [2.05, 4.69) is 10.1 Å². The lowest BCUT2D eigenvalue weighted by Crippen LogP contribution is -2.10. The highest BCUT2D eigenvalue weighted by atomic mass is 16.3. The quantitative estimate of drug-likeness (QED) is 0.661. The smallest absolute Gasteiger partial charge is 0.106 e. The molecule has 0 aliphatic rings. The Balaban J connectivity index is 2.63. The Labute approximate surface area is 78.3 Å². The zero-order valence-corrected chi connectivity index (χ0v) is 8.03. The first kappa shape index (κ1) is 9.86. The van der Waals surface area contributed by atoms with E-state index >= 15 is 0 Å². The van der Waals surface area contributed by atoms with Crippen molar-refractivity contribution in [3.05, 3.63) is 40.3 Å². The molecule has 0 amide bonds. The van der Waals surface area contributed by atoms with E-state index in [1.165, 1.54) is 5.56 Å². The molecular formula is C10H14N2O. The van der Waals surface area contributed by atoms with Gasteiger partial charge in [-0.3, -0.25) is 0 Å². The van der Waals surface area contributed by atoms with Crippen molar-refractivity contribution in [2.45, 2.75) is 13.1 Å². The third-order valence-corrected chi connectivity index (χ3v) is 1.77. The van der Waals surface area contributed by atoms with Crippen LogP contribution in [0.15, 0.2) is 29.4 Å². The summed E-state index contributed by atoms with van der Waals surface area (Å²) in [4.78, 5) is 12.1. The highest BCUT2D eigenvalue weighted by Gasteiger charge is 1.95. The minimum Gasteiger partial charge on any atom is -0.305 e. The Kier molecular flexibility index (Phi) is 3.58. The number of rotatable bonds is 4. The molecule has 0 saturated heterocycles. The van der Waals surface area contributed by atoms with Crippen LogP contribution in [0.3, 0.4) is 0 Å². The molecule has 3 heteroatoms. The lowest BCUT2D eigenvalue weighted by molar-refractivity contribution is 0.402. The molecule has 0 aliphatic carbocycles. The van der Waals surface area contributed by atoms with Crippen LogP contribution in [0, 0.1) is 4.91 Å². The topological polar surface area (TPSA) is 32.7 Å². The van der Waals surface area contributed by atoms with E-state index in [0.717, 1.165) is 12.1 Å². The summed E-state index contributed by atoms with van der Waals surface area (Å²) in [6, 6.07) is 7.95. The van der Waals surface area contributed by atoms with Gasteiger partial charge in [0.1, 0.15) is 6.54 Å². The summed E-state index contributed by atoms with van der Waals surface area (Å²) < 4.78 is 0. The number of hydrogen-bond donors (Lipinski definition) is 0. The largest absolute Gasteiger partial charge is 0.305 e. The molecule has 0 unspecified atom stereocenters. The summed E-state index contributed by atoms with van der Waals surface area (Å²) in [5.41, 5.74) is 2.22. The third-order valence-electron chi connectivity index (χ3n) is 1.77. The van der Waals surface area contributed by atoms with Crippen LogP contribution in [-0.4, -0.2) is 19.0 Å². The highest BCUT2D eigenvalue weighted by molar-refractivity contribution is 5.22. The molecule has 0 radical (unpaired) electrons. The fourth-order valence-corrected chi connectivity index (χ4v) is 1.19. The average molecular weight is 178 g/mol. The molecule has 0 spiro atoms. The van der Waals surface area contributed by atoms with Crippen LogP contribution in [0.25, 0.3) is 0 Å². The molecular weight excluding hydrogens is 164 g/mol. The molecule has 0 atom stereocenters. The third kappa shape index (κ3) is 3.34. The van der Waals surface area contributed by atoms with Gasteiger partial charge in [0.2, 0.25) is 0 Å². The van der Waals surface area contributed by atoms with Crippen molar-refractivity contribution in [2.24, 2.45) is 5.18 Å². The van der Waals surface area contributed by atoms with Gasteiger partial charge >= 0.3 is 0 Å². The standard InChI is InChI=1S/C10H14N2O/c1-12(2)8-10-5-3-9(4-6-10)7-11-13/h3-6H,7-8H2,1-2H3. The predicted molar refractivity (Wildman–Crippen MR) is 53.3 cm³/mol. The molecule has 0 heterocycles. The van der Waals surface area contributed by atoms with Crippen LogP contribution in [0.4, 0.5) is 0 Å². The first-order valence-electron chi connectivity index (χ1n) is 4.24. The lowest BCUT2D eigenvalue weighted by Gasteiger charge is -2.09. The highest BCUT2D eigenvalue weighted by Crippen LogP contribution is 2.06. The zero-order chi connectivity index (χ0) is 9.68. The molecule has 1 aromatic rings. The molecule has 3 nitrogen and oxygen atoms in total. The van der Waals surface area contributed by atoms with Gasteiger partial charge in [0.25, 0.3) is 0 Å². The van der Waals surface area contributed by atoms with Crippen molar-refractivity contribution in [3.8, 4) is 0 Å². The number of benzene rings is 1. The van der Waals surface area contributed by atoms with E-state index in [-0.39, 0.29) is 6.54 Å². The minimum atomic E-state index is 0.266. The van der Waals surface area contributed by atoms with E-state index in [1.54, 1.807) is 0 Å². The first-order valence-corrected chi connectivity index (χ1v) is 4.24. The summed E-state index contributed by atoms with van der Waals surface area (Å²) in [7, 11) is 4.06. The van der Waals surface area contributed by atoms with Gasteiger partial charge < -0.3 is 4.90 Å². The van der Waals surface area contributed by atoms with Crippen molar-refractivity contribution >= 4 is 0 Å². The second kappa shape index (κ2) is 4.72. The van der Waals surface area contributed by atoms with Crippen molar-refractivity contribution in [1.82, 2.24) is 4.90 Å². The Morgan fingerprint density at radius 3 is 2.15 bits per heavy atom. The lowest BCUT2D eigenvalue weighted by atomic mass is 10.1. The van der Waals surface area contributed by atoms with Gasteiger partial charge in [0.15, 0.2) is 0 Å². The van der Waals surface area contributed by atoms with Gasteiger partial charge in [-0.15, -0.1) is 0 Å². The van der Waals surface area contributed by atoms with Crippen molar-refractivity contribution in [3.63, 3.8) is 0 Å². The van der Waals surface area contributed by atoms with Crippen LogP contribution in [0.5, 0.6) is 0 Å². The molecule has 0 aromatic heterocycles. The Bertz CT molecular complexity index is 267. The van der Waals surface area contributed by atoms with E-state index in [1.807, 2.05) is 38.4 Å². The Hall–Kier alpha value is -1.22. The van der Waals surface area contributed by atoms with E-state index in [4.69, 9.17) is 0 Å². The summed E-state index contributed by atoms with van der Waals surface area (Å²) >= 11 is 0. The number of nitroso groups, excluding NO2 is 1. The molecule has 1 rings (SSSR count). The molecule has 0 aliphatic heterocycles. The molecule has 0 bridgehead atoms. The Morgan fingerprint density at radius 2 is 1.69 bits per heavy atom. The van der Waals surface area contributed by atoms with Crippen LogP contribution in [0.2, 0.25) is 0 Å². The second-order valence-electron chi connectivity index (χ2n) is 3.34. The van der Waals surface area contributed by atoms with E-state index < -0.39 is 0 Å². The first-order chi connectivity index (χ1) is 6.22. The fourth-order valence-electron chi connectivity index (χ4n) is 1.19. The van der Waals surface area contributed by atoms with Crippen LogP contribution in [0.1, 0.15) is 11.1 Å². The van der Waals surface area contributed by atoms with Gasteiger partial charge in [-0.2, -0.15) is 4.91 Å². The number of nitrogens with zero attached hydrogens (tertiary/aromatic N) is 2. The molecule has 1 aromatic carbocycles. The number of hydrogen-bond acceptors (Lipinski definition) is 3. The minimum absolute atomic E-state index is 0.266. The maximum Gasteiger partial charge on any atom is 0.106 e. The zero-order valence-electron chi connectivity index (χ0n) is 8.03. The van der Waals surface area contributed by atoms with Crippen LogP contribution >= 0.6 is 0 Å². The second-order valence-corrected chi connectivity index (χ2v) is 3.34. The molecule has 70 valence electrons. The summed E-state index contributed by atoms with van der Waals surface area (Å²) in [6.07, 6.45) is 0. The maximum atomic E-state index is 9.98.